The summed E-state index contributed by atoms with van der Waals surface area (Å²) in [6, 6.07) is 7.68. The molecule has 8 heteroatoms. The number of amides is 1. The van der Waals surface area contributed by atoms with Gasteiger partial charge in [-0.05, 0) is 19.9 Å². The number of fused-ring (bicyclic) bond motifs is 1. The monoisotopic (exact) mass is 344 g/mol. The molecule has 1 aliphatic rings. The van der Waals surface area contributed by atoms with Crippen LogP contribution in [0.15, 0.2) is 24.3 Å². The molecule has 0 unspecified atom stereocenters. The molecule has 25 heavy (non-hydrogen) atoms. The first kappa shape index (κ1) is 16.9. The van der Waals surface area contributed by atoms with Gasteiger partial charge in [0.2, 0.25) is 5.91 Å². The van der Waals surface area contributed by atoms with E-state index in [9.17, 15) is 14.9 Å². The number of rotatable bonds is 4. The number of benzene rings is 1. The van der Waals surface area contributed by atoms with Gasteiger partial charge in [0.1, 0.15) is 23.7 Å². The zero-order valence-corrected chi connectivity index (χ0v) is 14.3. The first-order valence-corrected chi connectivity index (χ1v) is 8.14. The molecule has 1 amide bonds. The average molecular weight is 344 g/mol. The van der Waals surface area contributed by atoms with Crippen LogP contribution in [0.1, 0.15) is 23.4 Å². The second-order valence-electron chi connectivity index (χ2n) is 6.02. The van der Waals surface area contributed by atoms with Gasteiger partial charge < -0.3 is 9.64 Å². The van der Waals surface area contributed by atoms with Crippen molar-refractivity contribution in [3.8, 4) is 5.75 Å². The molecule has 0 aliphatic carbocycles. The van der Waals surface area contributed by atoms with Gasteiger partial charge in [-0.1, -0.05) is 18.2 Å². The fraction of sp³-hybridized carbons (Fsp3) is 0.412. The number of carbonyl (C=O) groups is 1. The van der Waals surface area contributed by atoms with Gasteiger partial charge in [-0.15, -0.1) is 0 Å². The normalized spacial score (nSPS) is 13.8. The Hall–Kier alpha value is -2.90. The number of ether oxygens (including phenoxy) is 1. The van der Waals surface area contributed by atoms with Gasteiger partial charge in [-0.25, -0.2) is 0 Å². The van der Waals surface area contributed by atoms with Crippen LogP contribution in [0.2, 0.25) is 0 Å². The summed E-state index contributed by atoms with van der Waals surface area (Å²) in [5.41, 5.74) is 1.84. The van der Waals surface area contributed by atoms with Gasteiger partial charge >= 0.3 is 5.69 Å². The maximum absolute atomic E-state index is 12.6. The van der Waals surface area contributed by atoms with Crippen molar-refractivity contribution in [1.82, 2.24) is 14.7 Å². The summed E-state index contributed by atoms with van der Waals surface area (Å²) >= 11 is 0. The Kier molecular flexibility index (Phi) is 4.69. The van der Waals surface area contributed by atoms with Gasteiger partial charge in [-0.3, -0.25) is 19.6 Å². The van der Waals surface area contributed by atoms with Crippen molar-refractivity contribution < 1.29 is 14.5 Å². The number of para-hydroxylation sites is 1. The van der Waals surface area contributed by atoms with Crippen molar-refractivity contribution in [3.05, 3.63) is 51.3 Å². The lowest BCUT2D eigenvalue weighted by molar-refractivity contribution is -0.386. The van der Waals surface area contributed by atoms with Crippen LogP contribution in [-0.2, 0) is 17.9 Å². The van der Waals surface area contributed by atoms with Crippen LogP contribution in [-0.4, -0.2) is 38.7 Å². The van der Waals surface area contributed by atoms with Gasteiger partial charge in [-0.2, -0.15) is 5.10 Å². The molecule has 3 rings (SSSR count). The smallest absolute Gasteiger partial charge is 0.312 e. The predicted octanol–water partition coefficient (Wildman–Crippen LogP) is 2.22. The number of nitrogens with zero attached hydrogens (tertiary/aromatic N) is 4. The minimum atomic E-state index is -0.431. The summed E-state index contributed by atoms with van der Waals surface area (Å²) in [6.07, 6.45) is 0.237. The van der Waals surface area contributed by atoms with Crippen LogP contribution in [0.3, 0.4) is 0 Å². The Bertz CT molecular complexity index is 815. The highest BCUT2D eigenvalue weighted by Gasteiger charge is 2.23. The minimum Gasteiger partial charge on any atom is -0.491 e. The molecule has 0 spiro atoms. The Morgan fingerprint density at radius 1 is 1.36 bits per heavy atom. The Morgan fingerprint density at radius 2 is 2.12 bits per heavy atom. The summed E-state index contributed by atoms with van der Waals surface area (Å²) < 4.78 is 7.21. The predicted molar refractivity (Wildman–Crippen MR) is 90.3 cm³/mol. The molecule has 0 fully saturated rings. The molecule has 0 atom stereocenters. The van der Waals surface area contributed by atoms with Gasteiger partial charge in [0, 0.05) is 18.5 Å². The SMILES string of the molecule is Cc1nn(CCC(=O)N2CCOc3ccccc3C2)c(C)c1[N+](=O)[O-]. The highest BCUT2D eigenvalue weighted by atomic mass is 16.6. The van der Waals surface area contributed by atoms with Crippen molar-refractivity contribution in [2.75, 3.05) is 13.2 Å². The van der Waals surface area contributed by atoms with Crippen molar-refractivity contribution in [2.24, 2.45) is 0 Å². The summed E-state index contributed by atoms with van der Waals surface area (Å²) in [4.78, 5) is 25.0. The summed E-state index contributed by atoms with van der Waals surface area (Å²) in [6.45, 7) is 5.05. The topological polar surface area (TPSA) is 90.5 Å². The second-order valence-corrected chi connectivity index (χ2v) is 6.02. The number of hydrogen-bond acceptors (Lipinski definition) is 5. The quantitative estimate of drug-likeness (QED) is 0.626. The number of hydrogen-bond donors (Lipinski definition) is 0. The van der Waals surface area contributed by atoms with Crippen LogP contribution in [0.25, 0.3) is 0 Å². The highest BCUT2D eigenvalue weighted by Crippen LogP contribution is 2.24. The molecule has 2 heterocycles. The molecule has 0 radical (unpaired) electrons. The van der Waals surface area contributed by atoms with Crippen LogP contribution in [0, 0.1) is 24.0 Å². The summed E-state index contributed by atoms with van der Waals surface area (Å²) in [5.74, 6) is 0.794. The fourth-order valence-electron chi connectivity index (χ4n) is 3.07. The molecule has 132 valence electrons. The van der Waals surface area contributed by atoms with E-state index in [0.717, 1.165) is 11.3 Å². The number of aryl methyl sites for hydroxylation is 2. The van der Waals surface area contributed by atoms with E-state index in [4.69, 9.17) is 4.74 Å². The maximum Gasteiger partial charge on any atom is 0.312 e. The molecule has 0 saturated carbocycles. The van der Waals surface area contributed by atoms with E-state index in [0.29, 0.717) is 37.6 Å². The van der Waals surface area contributed by atoms with Gasteiger partial charge in [0.15, 0.2) is 0 Å². The van der Waals surface area contributed by atoms with E-state index in [1.54, 1.807) is 18.7 Å². The van der Waals surface area contributed by atoms with E-state index in [1.807, 2.05) is 24.3 Å². The lowest BCUT2D eigenvalue weighted by Gasteiger charge is -2.20. The average Bonchev–Trinajstić information content (AvgIpc) is 2.74. The first-order valence-electron chi connectivity index (χ1n) is 8.14. The third kappa shape index (κ3) is 3.47. The van der Waals surface area contributed by atoms with E-state index in [-0.39, 0.29) is 18.0 Å². The van der Waals surface area contributed by atoms with E-state index < -0.39 is 4.92 Å². The summed E-state index contributed by atoms with van der Waals surface area (Å²) in [7, 11) is 0. The molecule has 1 aliphatic heterocycles. The van der Waals surface area contributed by atoms with Gasteiger partial charge in [0.25, 0.3) is 0 Å². The van der Waals surface area contributed by atoms with Crippen LogP contribution in [0.5, 0.6) is 5.75 Å². The van der Waals surface area contributed by atoms with Crippen molar-refractivity contribution in [1.29, 1.82) is 0 Å². The lowest BCUT2D eigenvalue weighted by Crippen LogP contribution is -2.33. The maximum atomic E-state index is 12.6. The Balaban J connectivity index is 1.67. The molecular formula is C17H20N4O4. The molecule has 1 aromatic heterocycles. The highest BCUT2D eigenvalue weighted by molar-refractivity contribution is 5.76. The van der Waals surface area contributed by atoms with Crippen molar-refractivity contribution >= 4 is 11.6 Å². The second kappa shape index (κ2) is 6.92. The molecule has 2 aromatic rings. The Labute approximate surface area is 145 Å². The standard InChI is InChI=1S/C17H20N4O4/c1-12-17(21(23)24)13(2)20(18-12)8-7-16(22)19-9-10-25-15-6-4-3-5-14(15)11-19/h3-6H,7-11H2,1-2H3. The summed E-state index contributed by atoms with van der Waals surface area (Å²) in [5, 5.41) is 15.2. The lowest BCUT2D eigenvalue weighted by atomic mass is 10.2. The molecule has 0 N–H and O–H groups in total. The number of carbonyl (C=O) groups excluding carboxylic acids is 1. The van der Waals surface area contributed by atoms with Crippen LogP contribution >= 0.6 is 0 Å². The van der Waals surface area contributed by atoms with E-state index in [1.165, 1.54) is 4.68 Å². The Morgan fingerprint density at radius 3 is 2.84 bits per heavy atom. The first-order chi connectivity index (χ1) is 12.0. The van der Waals surface area contributed by atoms with E-state index >= 15 is 0 Å². The largest absolute Gasteiger partial charge is 0.491 e. The van der Waals surface area contributed by atoms with Crippen LogP contribution < -0.4 is 4.74 Å². The number of aromatic nitrogens is 2. The molecule has 1 aromatic carbocycles. The zero-order valence-electron chi connectivity index (χ0n) is 14.3. The van der Waals surface area contributed by atoms with Crippen LogP contribution in [0.4, 0.5) is 5.69 Å². The molecular weight excluding hydrogens is 324 g/mol. The zero-order chi connectivity index (χ0) is 18.0. The van der Waals surface area contributed by atoms with Crippen molar-refractivity contribution in [2.45, 2.75) is 33.4 Å². The minimum absolute atomic E-state index is 0.0180. The molecule has 0 saturated heterocycles. The molecule has 0 bridgehead atoms. The third-order valence-electron chi connectivity index (χ3n) is 4.37. The van der Waals surface area contributed by atoms with Crippen molar-refractivity contribution in [3.63, 3.8) is 0 Å². The van der Waals surface area contributed by atoms with E-state index in [2.05, 4.69) is 5.10 Å². The number of nitro groups is 1. The van der Waals surface area contributed by atoms with Gasteiger partial charge in [0.05, 0.1) is 18.0 Å². The third-order valence-corrected chi connectivity index (χ3v) is 4.37. The fourth-order valence-corrected chi connectivity index (χ4v) is 3.07. The molecule has 8 nitrogen and oxygen atoms in total.